The molecule has 2 rings (SSSR count). The first-order valence-electron chi connectivity index (χ1n) is 7.92. The number of aryl methyl sites for hydroxylation is 1. The highest BCUT2D eigenvalue weighted by atomic mass is 127. The van der Waals surface area contributed by atoms with Crippen LogP contribution in [0.4, 0.5) is 0 Å². The number of aromatic nitrogens is 3. The van der Waals surface area contributed by atoms with Crippen LogP contribution >= 0.6 is 39.9 Å². The number of aliphatic imine (C=N–C) groups is 1. The van der Waals surface area contributed by atoms with Crippen molar-refractivity contribution in [2.45, 2.75) is 19.9 Å². The number of rotatable bonds is 8. The van der Waals surface area contributed by atoms with Gasteiger partial charge in [-0.05, 0) is 24.3 Å². The number of halogens is 2. The van der Waals surface area contributed by atoms with Gasteiger partial charge in [0.1, 0.15) is 24.5 Å². The number of hydrogen-bond donors (Lipinski definition) is 2. The van der Waals surface area contributed by atoms with Gasteiger partial charge in [0, 0.05) is 31.0 Å². The number of nitrogens with zero attached hydrogens (tertiary/aromatic N) is 4. The SMILES string of the molecule is CCc1nncn1CCNC(=NC)NCCOc1ccc(Br)cc1.I. The second kappa shape index (κ2) is 12.1. The van der Waals surface area contributed by atoms with E-state index in [0.29, 0.717) is 13.2 Å². The summed E-state index contributed by atoms with van der Waals surface area (Å²) in [6.07, 6.45) is 2.63. The van der Waals surface area contributed by atoms with E-state index in [1.54, 1.807) is 13.4 Å². The normalized spacial score (nSPS) is 10.9. The molecule has 0 saturated carbocycles. The minimum atomic E-state index is 0. The van der Waals surface area contributed by atoms with Crippen LogP contribution in [0.5, 0.6) is 5.75 Å². The average molecular weight is 523 g/mol. The molecule has 0 aliphatic carbocycles. The van der Waals surface area contributed by atoms with Gasteiger partial charge in [-0.25, -0.2) is 0 Å². The van der Waals surface area contributed by atoms with Gasteiger partial charge in [0.15, 0.2) is 5.96 Å². The standard InChI is InChI=1S/C16H23BrN6O.HI/c1-3-15-22-21-12-23(15)10-8-19-16(18-2)20-9-11-24-14-6-4-13(17)5-7-14;/h4-7,12H,3,8-11H2,1-2H3,(H2,18,19,20);1H. The van der Waals surface area contributed by atoms with Crippen molar-refractivity contribution in [1.29, 1.82) is 0 Å². The molecule has 1 heterocycles. The highest BCUT2D eigenvalue weighted by Gasteiger charge is 2.02. The summed E-state index contributed by atoms with van der Waals surface area (Å²) in [5.74, 6) is 2.59. The van der Waals surface area contributed by atoms with E-state index < -0.39 is 0 Å². The fourth-order valence-corrected chi connectivity index (χ4v) is 2.39. The van der Waals surface area contributed by atoms with Crippen LogP contribution in [-0.4, -0.2) is 47.5 Å². The van der Waals surface area contributed by atoms with Gasteiger partial charge in [-0.1, -0.05) is 22.9 Å². The van der Waals surface area contributed by atoms with Crippen LogP contribution in [0.2, 0.25) is 0 Å². The second-order valence-corrected chi connectivity index (χ2v) is 5.94. The Kier molecular flexibility index (Phi) is 10.5. The van der Waals surface area contributed by atoms with Crippen molar-refractivity contribution < 1.29 is 4.74 Å². The second-order valence-electron chi connectivity index (χ2n) is 5.02. The number of hydrogen-bond acceptors (Lipinski definition) is 4. The Morgan fingerprint density at radius 1 is 1.24 bits per heavy atom. The van der Waals surface area contributed by atoms with Crippen LogP contribution in [0.1, 0.15) is 12.7 Å². The van der Waals surface area contributed by atoms with Crippen LogP contribution in [-0.2, 0) is 13.0 Å². The molecule has 2 N–H and O–H groups in total. The lowest BCUT2D eigenvalue weighted by Crippen LogP contribution is -2.40. The third kappa shape index (κ3) is 7.59. The Hall–Kier alpha value is -1.36. The molecule has 0 spiro atoms. The minimum absolute atomic E-state index is 0. The summed E-state index contributed by atoms with van der Waals surface area (Å²) in [6, 6.07) is 7.78. The molecule has 0 unspecified atom stereocenters. The molecule has 138 valence electrons. The molecule has 9 heteroatoms. The predicted octanol–water partition coefficient (Wildman–Crippen LogP) is 2.47. The van der Waals surface area contributed by atoms with E-state index in [1.165, 1.54) is 0 Å². The molecule has 0 radical (unpaired) electrons. The quantitative estimate of drug-likeness (QED) is 0.241. The maximum Gasteiger partial charge on any atom is 0.191 e. The third-order valence-corrected chi connectivity index (χ3v) is 3.89. The molecule has 0 fully saturated rings. The van der Waals surface area contributed by atoms with Crippen LogP contribution in [0, 0.1) is 0 Å². The zero-order chi connectivity index (χ0) is 17.2. The number of ether oxygens (including phenoxy) is 1. The zero-order valence-corrected chi connectivity index (χ0v) is 18.3. The van der Waals surface area contributed by atoms with Crippen molar-refractivity contribution in [3.8, 4) is 5.75 Å². The largest absolute Gasteiger partial charge is 0.492 e. The van der Waals surface area contributed by atoms with Gasteiger partial charge in [0.2, 0.25) is 0 Å². The summed E-state index contributed by atoms with van der Waals surface area (Å²) in [6.45, 7) is 4.85. The number of benzene rings is 1. The molecule has 0 aliphatic rings. The van der Waals surface area contributed by atoms with Crippen LogP contribution in [0.3, 0.4) is 0 Å². The molecule has 7 nitrogen and oxygen atoms in total. The summed E-state index contributed by atoms with van der Waals surface area (Å²) in [4.78, 5) is 4.20. The van der Waals surface area contributed by atoms with Gasteiger partial charge in [0.05, 0.1) is 6.54 Å². The Bertz CT molecular complexity index is 646. The zero-order valence-electron chi connectivity index (χ0n) is 14.4. The van der Waals surface area contributed by atoms with Crippen molar-refractivity contribution in [3.63, 3.8) is 0 Å². The average Bonchev–Trinajstić information content (AvgIpc) is 3.06. The van der Waals surface area contributed by atoms with E-state index in [-0.39, 0.29) is 24.0 Å². The summed E-state index contributed by atoms with van der Waals surface area (Å²) >= 11 is 3.40. The first-order valence-corrected chi connectivity index (χ1v) is 8.71. The molecule has 25 heavy (non-hydrogen) atoms. The maximum absolute atomic E-state index is 5.66. The lowest BCUT2D eigenvalue weighted by Gasteiger charge is -2.13. The Morgan fingerprint density at radius 2 is 1.96 bits per heavy atom. The topological polar surface area (TPSA) is 76.4 Å². The highest BCUT2D eigenvalue weighted by molar-refractivity contribution is 14.0. The third-order valence-electron chi connectivity index (χ3n) is 3.36. The molecule has 0 bridgehead atoms. The molecule has 0 aliphatic heterocycles. The Balaban J connectivity index is 0.00000312. The minimum Gasteiger partial charge on any atom is -0.492 e. The molecule has 1 aromatic carbocycles. The summed E-state index contributed by atoms with van der Waals surface area (Å²) in [5.41, 5.74) is 0. The highest BCUT2D eigenvalue weighted by Crippen LogP contribution is 2.15. The lowest BCUT2D eigenvalue weighted by atomic mass is 10.3. The Morgan fingerprint density at radius 3 is 2.64 bits per heavy atom. The number of nitrogens with one attached hydrogen (secondary N) is 2. The monoisotopic (exact) mass is 522 g/mol. The van der Waals surface area contributed by atoms with E-state index in [4.69, 9.17) is 4.74 Å². The summed E-state index contributed by atoms with van der Waals surface area (Å²) in [7, 11) is 1.75. The van der Waals surface area contributed by atoms with E-state index in [9.17, 15) is 0 Å². The van der Waals surface area contributed by atoms with Crippen molar-refractivity contribution >= 4 is 45.9 Å². The fourth-order valence-electron chi connectivity index (χ4n) is 2.12. The van der Waals surface area contributed by atoms with Crippen molar-refractivity contribution in [2.24, 2.45) is 4.99 Å². The van der Waals surface area contributed by atoms with Crippen LogP contribution in [0.25, 0.3) is 0 Å². The molecule has 0 amide bonds. The molecular weight excluding hydrogens is 499 g/mol. The maximum atomic E-state index is 5.66. The fraction of sp³-hybridized carbons (Fsp3) is 0.438. The van der Waals surface area contributed by atoms with Gasteiger partial charge in [-0.2, -0.15) is 0 Å². The molecule has 1 aromatic heterocycles. The van der Waals surface area contributed by atoms with Gasteiger partial charge < -0.3 is 19.9 Å². The number of guanidine groups is 1. The van der Waals surface area contributed by atoms with Gasteiger partial charge in [-0.15, -0.1) is 34.2 Å². The van der Waals surface area contributed by atoms with E-state index >= 15 is 0 Å². The predicted molar refractivity (Wildman–Crippen MR) is 114 cm³/mol. The molecule has 0 atom stereocenters. The van der Waals surface area contributed by atoms with Gasteiger partial charge in [0.25, 0.3) is 0 Å². The van der Waals surface area contributed by atoms with Crippen LogP contribution in [0.15, 0.2) is 40.1 Å². The Labute approximate surface area is 173 Å². The molecule has 0 saturated heterocycles. The molecular formula is C16H24BrIN6O. The van der Waals surface area contributed by atoms with Gasteiger partial charge in [-0.3, -0.25) is 4.99 Å². The smallest absolute Gasteiger partial charge is 0.191 e. The van der Waals surface area contributed by atoms with E-state index in [0.717, 1.165) is 41.5 Å². The van der Waals surface area contributed by atoms with E-state index in [2.05, 4.69) is 48.7 Å². The van der Waals surface area contributed by atoms with Crippen LogP contribution < -0.4 is 15.4 Å². The first-order chi connectivity index (χ1) is 11.7. The van der Waals surface area contributed by atoms with Crippen molar-refractivity contribution in [2.75, 3.05) is 26.7 Å². The summed E-state index contributed by atoms with van der Waals surface area (Å²) < 4.78 is 8.74. The van der Waals surface area contributed by atoms with E-state index in [1.807, 2.05) is 28.8 Å². The molecule has 2 aromatic rings. The summed E-state index contributed by atoms with van der Waals surface area (Å²) in [5, 5.41) is 14.5. The first kappa shape index (κ1) is 21.7. The van der Waals surface area contributed by atoms with Crippen molar-refractivity contribution in [3.05, 3.63) is 40.9 Å². The van der Waals surface area contributed by atoms with Gasteiger partial charge >= 0.3 is 0 Å². The van der Waals surface area contributed by atoms with Crippen molar-refractivity contribution in [1.82, 2.24) is 25.4 Å². The lowest BCUT2D eigenvalue weighted by molar-refractivity contribution is 0.322.